The molecule has 1 fully saturated rings. The molecule has 1 N–H and O–H groups in total. The third-order valence-electron chi connectivity index (χ3n) is 6.91. The van der Waals surface area contributed by atoms with Gasteiger partial charge in [-0.25, -0.2) is 18.7 Å². The lowest BCUT2D eigenvalue weighted by Gasteiger charge is -2.46. The number of halogens is 2. The van der Waals surface area contributed by atoms with Crippen molar-refractivity contribution in [2.24, 2.45) is 0 Å². The lowest BCUT2D eigenvalue weighted by atomic mass is 9.90. The first-order valence-electron chi connectivity index (χ1n) is 13.5. The van der Waals surface area contributed by atoms with E-state index in [1.165, 1.54) is 54.6 Å². The Balaban J connectivity index is 1.55. The van der Waals surface area contributed by atoms with E-state index in [4.69, 9.17) is 27.8 Å². The van der Waals surface area contributed by atoms with Gasteiger partial charge in [0.15, 0.2) is 6.10 Å². The summed E-state index contributed by atoms with van der Waals surface area (Å²) in [6, 6.07) is 11.1. The Morgan fingerprint density at radius 2 is 1.52 bits per heavy atom. The molecule has 4 atom stereocenters. The molecule has 0 spiro atoms. The largest absolute Gasteiger partial charge is 0.477 e. The fourth-order valence-corrected chi connectivity index (χ4v) is 6.98. The summed E-state index contributed by atoms with van der Waals surface area (Å²) in [7, 11) is -3.59. The van der Waals surface area contributed by atoms with E-state index in [1.807, 2.05) is 0 Å². The van der Waals surface area contributed by atoms with Crippen LogP contribution in [0.1, 0.15) is 17.5 Å². The van der Waals surface area contributed by atoms with Crippen LogP contribution in [-0.2, 0) is 54.8 Å². The number of rotatable bonds is 14. The number of methoxy groups -OCH3 is 1. The fraction of sp³-hybridized carbons (Fsp3) is 0.407. The average molecular weight is 794 g/mol. The minimum absolute atomic E-state index is 0.0469. The number of alkyl halides is 2. The van der Waals surface area contributed by atoms with Crippen LogP contribution in [0.5, 0.6) is 0 Å². The standard InChI is InChI=1S/C27H27Br2N2O14P/c1-40-24(33)18-14-21(32)23-22(15-18)44-27(25(28)29,26(34)43-23)45-46(39,41-12-10-16-2-6-19(7-3-16)30(35)36)42-13-11-17-4-8-20(9-5-17)31(37)38/h2-9,14,21-23,25,32H,10-13,15H2,1H3/t21-,22-,23-,27+/m1/s1. The van der Waals surface area contributed by atoms with E-state index in [0.29, 0.717) is 11.1 Å². The zero-order valence-corrected chi connectivity index (χ0v) is 28.0. The average Bonchev–Trinajstić information content (AvgIpc) is 3.01. The number of fused-ring (bicyclic) bond motifs is 1. The van der Waals surface area contributed by atoms with Crippen molar-refractivity contribution in [3.63, 3.8) is 0 Å². The van der Waals surface area contributed by atoms with Crippen molar-refractivity contribution >= 4 is 63.0 Å². The Hall–Kier alpha value is -3.09. The van der Waals surface area contributed by atoms with Crippen LogP contribution < -0.4 is 0 Å². The molecule has 1 heterocycles. The topological polar surface area (TPSA) is 213 Å². The van der Waals surface area contributed by atoms with Crippen LogP contribution in [0.4, 0.5) is 11.4 Å². The molecule has 16 nitrogen and oxygen atoms in total. The predicted octanol–water partition coefficient (Wildman–Crippen LogP) is 4.43. The number of aliphatic hydroxyl groups is 1. The highest BCUT2D eigenvalue weighted by Gasteiger charge is 2.61. The van der Waals surface area contributed by atoms with Crippen molar-refractivity contribution in [2.75, 3.05) is 20.3 Å². The molecule has 0 radical (unpaired) electrons. The highest BCUT2D eigenvalue weighted by molar-refractivity contribution is 9.24. The third-order valence-corrected chi connectivity index (χ3v) is 9.60. The first-order valence-corrected chi connectivity index (χ1v) is 16.8. The highest BCUT2D eigenvalue weighted by Crippen LogP contribution is 2.57. The number of non-ortho nitro benzene ring substituents is 2. The van der Waals surface area contributed by atoms with Crippen LogP contribution in [0.15, 0.2) is 60.2 Å². The first kappa shape index (κ1) is 35.8. The molecule has 2 aromatic rings. The number of nitro groups is 2. The number of phosphoric acid groups is 1. The number of hydrogen-bond acceptors (Lipinski definition) is 14. The number of nitrogens with zero attached hydrogens (tertiary/aromatic N) is 2. The number of phosphoric ester groups is 1. The Bertz CT molecular complexity index is 1470. The lowest BCUT2D eigenvalue weighted by molar-refractivity contribution is -0.385. The fourth-order valence-electron chi connectivity index (χ4n) is 4.55. The van der Waals surface area contributed by atoms with Crippen LogP contribution >= 0.6 is 39.7 Å². The second-order valence-electron chi connectivity index (χ2n) is 9.92. The van der Waals surface area contributed by atoms with E-state index in [9.17, 15) is 39.5 Å². The number of hydrogen-bond donors (Lipinski definition) is 1. The molecule has 46 heavy (non-hydrogen) atoms. The number of nitro benzene ring substituents is 2. The number of esters is 2. The molecule has 2 aromatic carbocycles. The van der Waals surface area contributed by atoms with E-state index >= 15 is 0 Å². The second kappa shape index (κ2) is 15.2. The summed E-state index contributed by atoms with van der Waals surface area (Å²) in [4.78, 5) is 46.4. The van der Waals surface area contributed by atoms with Crippen molar-refractivity contribution in [1.82, 2.24) is 0 Å². The summed E-state index contributed by atoms with van der Waals surface area (Å²) in [6.07, 6.45) is -2.59. The number of carbonyl (C=O) groups is 2. The van der Waals surface area contributed by atoms with Gasteiger partial charge in [-0.15, -0.1) is 0 Å². The number of ether oxygens (including phenoxy) is 3. The SMILES string of the molecule is COC(=O)C1=C[C@@H](O)[C@H]2OC(=O)[C@@](OP(=O)(OCCc3ccc([N+](=O)[O-])cc3)OCCc3ccc([N+](=O)[O-])cc3)(C(Br)Br)O[C@@H]2C1. The van der Waals surface area contributed by atoms with E-state index in [-0.39, 0.29) is 49.4 Å². The first-order chi connectivity index (χ1) is 21.8. The molecule has 1 aliphatic heterocycles. The van der Waals surface area contributed by atoms with Crippen molar-refractivity contribution < 1.29 is 56.9 Å². The summed E-state index contributed by atoms with van der Waals surface area (Å²) in [6.45, 7) is -0.597. The van der Waals surface area contributed by atoms with Crippen LogP contribution in [0.25, 0.3) is 0 Å². The van der Waals surface area contributed by atoms with Gasteiger partial charge in [-0.2, -0.15) is 0 Å². The van der Waals surface area contributed by atoms with Crippen molar-refractivity contribution in [1.29, 1.82) is 0 Å². The van der Waals surface area contributed by atoms with Gasteiger partial charge in [0, 0.05) is 36.3 Å². The van der Waals surface area contributed by atoms with E-state index < -0.39 is 57.4 Å². The summed E-state index contributed by atoms with van der Waals surface area (Å²) in [5, 5.41) is 32.5. The summed E-state index contributed by atoms with van der Waals surface area (Å²) >= 11 is 6.35. The van der Waals surface area contributed by atoms with Gasteiger partial charge >= 0.3 is 25.5 Å². The van der Waals surface area contributed by atoms with Crippen LogP contribution in [-0.4, -0.2) is 75.1 Å². The van der Waals surface area contributed by atoms with Gasteiger partial charge in [-0.05, 0) is 30.0 Å². The Morgan fingerprint density at radius 3 is 1.96 bits per heavy atom. The maximum absolute atomic E-state index is 14.1. The predicted molar refractivity (Wildman–Crippen MR) is 164 cm³/mol. The zero-order chi connectivity index (χ0) is 33.6. The molecule has 1 saturated heterocycles. The monoisotopic (exact) mass is 792 g/mol. The number of aliphatic hydroxyl groups excluding tert-OH is 1. The summed E-state index contributed by atoms with van der Waals surface area (Å²) in [5.74, 6) is -4.45. The van der Waals surface area contributed by atoms with Gasteiger partial charge in [0.05, 0.1) is 30.2 Å². The maximum Gasteiger partial charge on any atom is 0.477 e. The van der Waals surface area contributed by atoms with Gasteiger partial charge < -0.3 is 19.3 Å². The molecule has 2 aliphatic rings. The van der Waals surface area contributed by atoms with Crippen molar-refractivity contribution in [3.05, 3.63) is 91.5 Å². The Kier molecular flexibility index (Phi) is 11.8. The maximum atomic E-state index is 14.1. The molecular formula is C27H27Br2N2O14P. The molecule has 0 bridgehead atoms. The van der Waals surface area contributed by atoms with Crippen molar-refractivity contribution in [3.8, 4) is 0 Å². The van der Waals surface area contributed by atoms with Crippen LogP contribution in [0.3, 0.4) is 0 Å². The van der Waals surface area contributed by atoms with Gasteiger partial charge in [0.25, 0.3) is 11.4 Å². The lowest BCUT2D eigenvalue weighted by Crippen LogP contribution is -2.63. The summed E-state index contributed by atoms with van der Waals surface area (Å²) in [5.41, 5.74) is 0.975. The molecule has 0 saturated carbocycles. The number of benzene rings is 2. The molecule has 0 unspecified atom stereocenters. The second-order valence-corrected chi connectivity index (χ2v) is 14.6. The van der Waals surface area contributed by atoms with Crippen molar-refractivity contribution in [2.45, 2.75) is 47.1 Å². The van der Waals surface area contributed by atoms with Gasteiger partial charge in [-0.1, -0.05) is 56.1 Å². The molecule has 0 aromatic heterocycles. The van der Waals surface area contributed by atoms with E-state index in [0.717, 1.165) is 7.11 Å². The third kappa shape index (κ3) is 8.43. The molecule has 4 rings (SSSR count). The van der Waals surface area contributed by atoms with Gasteiger partial charge in [-0.3, -0.25) is 29.3 Å². The van der Waals surface area contributed by atoms with Gasteiger partial charge in [0.1, 0.15) is 15.9 Å². The van der Waals surface area contributed by atoms with E-state index in [2.05, 4.69) is 31.9 Å². The molecule has 248 valence electrons. The van der Waals surface area contributed by atoms with Crippen LogP contribution in [0.2, 0.25) is 0 Å². The molecular weight excluding hydrogens is 767 g/mol. The summed E-state index contributed by atoms with van der Waals surface area (Å²) < 4.78 is 46.0. The van der Waals surface area contributed by atoms with Gasteiger partial charge in [0.2, 0.25) is 0 Å². The normalized spacial score (nSPS) is 22.8. The quantitative estimate of drug-likeness (QED) is 0.0922. The zero-order valence-electron chi connectivity index (χ0n) is 23.9. The molecule has 19 heteroatoms. The van der Waals surface area contributed by atoms with Crippen LogP contribution in [0, 0.1) is 20.2 Å². The number of carbonyl (C=O) groups excluding carboxylic acids is 2. The molecule has 0 amide bonds. The molecule has 1 aliphatic carbocycles. The highest BCUT2D eigenvalue weighted by atomic mass is 79.9. The van der Waals surface area contributed by atoms with E-state index in [1.54, 1.807) is 0 Å². The Morgan fingerprint density at radius 1 is 1.02 bits per heavy atom. The minimum Gasteiger partial charge on any atom is -0.466 e. The smallest absolute Gasteiger partial charge is 0.466 e. The minimum atomic E-state index is -4.74. The Labute approximate surface area is 278 Å².